The molecule has 0 radical (unpaired) electrons. The van der Waals surface area contributed by atoms with Gasteiger partial charge in [0.15, 0.2) is 0 Å². The average Bonchev–Trinajstić information content (AvgIpc) is 4.01. The standard InChI is InChI=1S/C37H38N6O5S/c1-21(2)37(13-14-37)31-20-47-32-17-28(33-22(3)7-5-8-23(33)4)40-36(41-32)42-49(45,46)27-10-6-9-25(15-27)35(44)43(31)19-26-18-38-34-29(39-26)16-30(48-34)24-11-12-24/h5-10,15-18,21,24,31H,11-14,19-20H2,1-4H3,(H,40,41,42). The average molecular weight is 679 g/mol. The van der Waals surface area contributed by atoms with E-state index < -0.39 is 10.0 Å². The van der Waals surface area contributed by atoms with Crippen molar-refractivity contribution in [2.75, 3.05) is 11.3 Å². The molecule has 1 amide bonds. The third kappa shape index (κ3) is 5.81. The van der Waals surface area contributed by atoms with Crippen molar-refractivity contribution in [2.45, 2.75) is 76.8 Å². The molecule has 2 fully saturated rings. The number of nitrogens with zero attached hydrogens (tertiary/aromatic N) is 5. The summed E-state index contributed by atoms with van der Waals surface area (Å²) >= 11 is 0. The summed E-state index contributed by atoms with van der Waals surface area (Å²) in [4.78, 5) is 35.0. The Morgan fingerprint density at radius 2 is 1.76 bits per heavy atom. The molecule has 2 aliphatic carbocycles. The van der Waals surface area contributed by atoms with Gasteiger partial charge in [-0.3, -0.25) is 4.79 Å². The molecular weight excluding hydrogens is 641 g/mol. The lowest BCUT2D eigenvalue weighted by Gasteiger charge is -2.39. The van der Waals surface area contributed by atoms with Crippen LogP contribution in [0.15, 0.2) is 70.1 Å². The van der Waals surface area contributed by atoms with Crippen LogP contribution >= 0.6 is 0 Å². The van der Waals surface area contributed by atoms with Crippen LogP contribution in [0.1, 0.15) is 78.4 Å². The van der Waals surface area contributed by atoms with Crippen molar-refractivity contribution >= 4 is 33.1 Å². The molecule has 8 rings (SSSR count). The number of rotatable bonds is 6. The lowest BCUT2D eigenvalue weighted by molar-refractivity contribution is 0.0341. The first-order valence-corrected chi connectivity index (χ1v) is 18.3. The highest BCUT2D eigenvalue weighted by Gasteiger charge is 2.55. The van der Waals surface area contributed by atoms with E-state index in [0.717, 1.165) is 48.1 Å². The van der Waals surface area contributed by atoms with Crippen molar-refractivity contribution in [1.29, 1.82) is 0 Å². The molecule has 4 bridgehead atoms. The van der Waals surface area contributed by atoms with Gasteiger partial charge in [-0.05, 0) is 80.2 Å². The third-order valence-corrected chi connectivity index (χ3v) is 11.7. The molecule has 49 heavy (non-hydrogen) atoms. The Morgan fingerprint density at radius 1 is 1.00 bits per heavy atom. The predicted molar refractivity (Wildman–Crippen MR) is 184 cm³/mol. The number of anilines is 1. The van der Waals surface area contributed by atoms with Crippen molar-refractivity contribution in [2.24, 2.45) is 11.3 Å². The van der Waals surface area contributed by atoms with Crippen molar-refractivity contribution in [3.63, 3.8) is 0 Å². The molecule has 0 saturated heterocycles. The zero-order valence-electron chi connectivity index (χ0n) is 27.9. The van der Waals surface area contributed by atoms with E-state index in [0.29, 0.717) is 28.5 Å². The number of carbonyl (C=O) groups is 1. The van der Waals surface area contributed by atoms with Gasteiger partial charge in [-0.1, -0.05) is 38.1 Å². The summed E-state index contributed by atoms with van der Waals surface area (Å²) in [5, 5.41) is 0. The molecule has 5 aromatic rings. The van der Waals surface area contributed by atoms with Crippen LogP contribution in [0.5, 0.6) is 5.88 Å². The predicted octanol–water partition coefficient (Wildman–Crippen LogP) is 6.81. The summed E-state index contributed by atoms with van der Waals surface area (Å²) in [5.74, 6) is 1.32. The van der Waals surface area contributed by atoms with E-state index in [1.54, 1.807) is 29.3 Å². The third-order valence-electron chi connectivity index (χ3n) is 10.3. The number of ether oxygens (including phenoxy) is 1. The van der Waals surface area contributed by atoms with Gasteiger partial charge in [-0.15, -0.1) is 0 Å². The lowest BCUT2D eigenvalue weighted by Crippen LogP contribution is -2.50. The number of amides is 1. The Bertz CT molecular complexity index is 2200. The Kier molecular flexibility index (Phi) is 7.47. The Labute approximate surface area is 285 Å². The van der Waals surface area contributed by atoms with Gasteiger partial charge in [-0.2, -0.15) is 4.98 Å². The number of hydrogen-bond acceptors (Lipinski definition) is 9. The molecule has 252 valence electrons. The van der Waals surface area contributed by atoms with Crippen molar-refractivity contribution < 1.29 is 22.4 Å². The zero-order chi connectivity index (χ0) is 34.1. The van der Waals surface area contributed by atoms with Gasteiger partial charge in [0.1, 0.15) is 17.9 Å². The summed E-state index contributed by atoms with van der Waals surface area (Å²) in [6.45, 7) is 8.59. The smallest absolute Gasteiger partial charge is 0.264 e. The lowest BCUT2D eigenvalue weighted by atomic mass is 9.83. The quantitative estimate of drug-likeness (QED) is 0.205. The van der Waals surface area contributed by atoms with Gasteiger partial charge < -0.3 is 14.1 Å². The minimum Gasteiger partial charge on any atom is -0.475 e. The summed E-state index contributed by atoms with van der Waals surface area (Å²) in [5.41, 5.74) is 5.11. The van der Waals surface area contributed by atoms with E-state index in [1.807, 2.05) is 38.1 Å². The van der Waals surface area contributed by atoms with E-state index in [1.165, 1.54) is 12.1 Å². The highest BCUT2D eigenvalue weighted by atomic mass is 32.2. The molecule has 4 heterocycles. The Balaban J connectivity index is 1.26. The van der Waals surface area contributed by atoms with E-state index in [2.05, 4.69) is 33.5 Å². The number of sulfonamides is 1. The van der Waals surface area contributed by atoms with E-state index >= 15 is 0 Å². The maximum absolute atomic E-state index is 14.7. The number of furan rings is 1. The van der Waals surface area contributed by atoms with Crippen LogP contribution in [0.3, 0.4) is 0 Å². The van der Waals surface area contributed by atoms with Gasteiger partial charge >= 0.3 is 0 Å². The van der Waals surface area contributed by atoms with Gasteiger partial charge in [0.05, 0.1) is 35.1 Å². The van der Waals surface area contributed by atoms with Crippen LogP contribution < -0.4 is 9.46 Å². The molecular formula is C37H38N6O5S. The van der Waals surface area contributed by atoms with Gasteiger partial charge in [0.25, 0.3) is 15.9 Å². The maximum Gasteiger partial charge on any atom is 0.264 e. The highest BCUT2D eigenvalue weighted by Crippen LogP contribution is 2.56. The first-order chi connectivity index (χ1) is 23.5. The Morgan fingerprint density at radius 3 is 2.47 bits per heavy atom. The zero-order valence-corrected chi connectivity index (χ0v) is 28.8. The number of benzene rings is 2. The number of hydrogen-bond donors (Lipinski definition) is 1. The van der Waals surface area contributed by atoms with Crippen molar-refractivity contribution in [1.82, 2.24) is 24.8 Å². The van der Waals surface area contributed by atoms with Crippen LogP contribution in [0.4, 0.5) is 5.95 Å². The van der Waals surface area contributed by atoms with E-state index in [9.17, 15) is 13.2 Å². The van der Waals surface area contributed by atoms with Gasteiger partial charge in [0, 0.05) is 29.2 Å². The number of nitrogens with one attached hydrogen (secondary N) is 1. The molecule has 3 aliphatic rings. The molecule has 3 aromatic heterocycles. The van der Waals surface area contributed by atoms with E-state index in [-0.39, 0.29) is 58.7 Å². The largest absolute Gasteiger partial charge is 0.475 e. The fourth-order valence-corrected chi connectivity index (χ4v) is 8.21. The second kappa shape index (κ2) is 11.6. The number of carbonyl (C=O) groups excluding carboxylic acids is 1. The first-order valence-electron chi connectivity index (χ1n) is 16.8. The Hall–Kier alpha value is -4.84. The number of fused-ring (bicyclic) bond motifs is 5. The molecule has 2 saturated carbocycles. The topological polar surface area (TPSA) is 140 Å². The minimum atomic E-state index is -4.18. The van der Waals surface area contributed by atoms with Gasteiger partial charge in [-0.25, -0.2) is 28.1 Å². The molecule has 1 atom stereocenters. The minimum absolute atomic E-state index is 0.0742. The van der Waals surface area contributed by atoms with Crippen LogP contribution in [-0.2, 0) is 16.6 Å². The molecule has 1 unspecified atom stereocenters. The first kappa shape index (κ1) is 31.4. The second-order valence-corrected chi connectivity index (χ2v) is 15.6. The summed E-state index contributed by atoms with van der Waals surface area (Å²) < 4.78 is 42.5. The molecule has 1 N–H and O–H groups in total. The van der Waals surface area contributed by atoms with Crippen LogP contribution in [0.25, 0.3) is 22.5 Å². The summed E-state index contributed by atoms with van der Waals surface area (Å²) in [6, 6.07) is 15.3. The van der Waals surface area contributed by atoms with E-state index in [4.69, 9.17) is 14.1 Å². The molecule has 1 aliphatic heterocycles. The molecule has 11 nitrogen and oxygen atoms in total. The van der Waals surface area contributed by atoms with Gasteiger partial charge in [0.2, 0.25) is 17.5 Å². The monoisotopic (exact) mass is 678 g/mol. The number of aromatic nitrogens is 4. The van der Waals surface area contributed by atoms with Crippen LogP contribution in [0.2, 0.25) is 0 Å². The van der Waals surface area contributed by atoms with Crippen LogP contribution in [0, 0.1) is 25.2 Å². The number of aryl methyl sites for hydroxylation is 2. The van der Waals surface area contributed by atoms with Crippen molar-refractivity contribution in [3.8, 4) is 17.1 Å². The normalized spacial score (nSPS) is 19.8. The fourth-order valence-electron chi connectivity index (χ4n) is 7.23. The van der Waals surface area contributed by atoms with Crippen LogP contribution in [-0.4, -0.2) is 51.8 Å². The summed E-state index contributed by atoms with van der Waals surface area (Å²) in [6.07, 6.45) is 5.68. The fraction of sp³-hybridized carbons (Fsp3) is 0.378. The molecule has 12 heteroatoms. The molecule has 2 aromatic carbocycles. The highest BCUT2D eigenvalue weighted by molar-refractivity contribution is 7.92. The van der Waals surface area contributed by atoms with Crippen molar-refractivity contribution in [3.05, 3.63) is 88.9 Å². The summed E-state index contributed by atoms with van der Waals surface area (Å²) in [7, 11) is -4.18. The SMILES string of the molecule is Cc1cccc(C)c1-c1cc2nc(n1)NS(=O)(=O)c1cccc(c1)C(=O)N(Cc1cnc3oc(C4CC4)cc3n1)C(C1(C(C)C)CC1)CO2. The maximum atomic E-state index is 14.7. The molecule has 0 spiro atoms. The second-order valence-electron chi connectivity index (χ2n) is 13.9.